The second-order valence-corrected chi connectivity index (χ2v) is 9.91. The molecule has 0 radical (unpaired) electrons. The summed E-state index contributed by atoms with van der Waals surface area (Å²) in [5.41, 5.74) is 2.82. The first-order valence-corrected chi connectivity index (χ1v) is 12.2. The Kier molecular flexibility index (Phi) is 6.39. The fourth-order valence-electron chi connectivity index (χ4n) is 4.32. The summed E-state index contributed by atoms with van der Waals surface area (Å²) in [5, 5.41) is 10.0. The first kappa shape index (κ1) is 21.7. The third-order valence-electron chi connectivity index (χ3n) is 6.32. The summed E-state index contributed by atoms with van der Waals surface area (Å²) in [5.74, 6) is 1.72. The van der Waals surface area contributed by atoms with Crippen molar-refractivity contribution in [3.05, 3.63) is 40.8 Å². The summed E-state index contributed by atoms with van der Waals surface area (Å²) in [6, 6.07) is 10.2. The van der Waals surface area contributed by atoms with Crippen LogP contribution in [0.1, 0.15) is 23.5 Å². The SMILES string of the molecule is CC(O)c1cccc(-c2nc(N3CCOCC3)c3sc(CN4CCN(C)CC4)cc3n2)c1. The molecule has 0 aliphatic carbocycles. The van der Waals surface area contributed by atoms with E-state index in [2.05, 4.69) is 27.8 Å². The maximum absolute atomic E-state index is 10.0. The van der Waals surface area contributed by atoms with Crippen LogP contribution in [-0.2, 0) is 11.3 Å². The minimum absolute atomic E-state index is 0.520. The van der Waals surface area contributed by atoms with Gasteiger partial charge in [0.15, 0.2) is 11.6 Å². The van der Waals surface area contributed by atoms with E-state index in [1.165, 1.54) is 4.88 Å². The van der Waals surface area contributed by atoms with Gasteiger partial charge in [-0.05, 0) is 31.7 Å². The molecule has 0 amide bonds. The van der Waals surface area contributed by atoms with Crippen molar-refractivity contribution in [2.24, 2.45) is 0 Å². The molecule has 1 N–H and O–H groups in total. The smallest absolute Gasteiger partial charge is 0.162 e. The summed E-state index contributed by atoms with van der Waals surface area (Å²) in [6.07, 6.45) is -0.520. The van der Waals surface area contributed by atoms with Crippen molar-refractivity contribution in [2.75, 3.05) is 64.4 Å². The van der Waals surface area contributed by atoms with Crippen LogP contribution in [0.3, 0.4) is 0 Å². The van der Waals surface area contributed by atoms with Crippen LogP contribution in [0, 0.1) is 0 Å². The van der Waals surface area contributed by atoms with Gasteiger partial charge in [0.25, 0.3) is 0 Å². The third-order valence-corrected chi connectivity index (χ3v) is 7.42. The van der Waals surface area contributed by atoms with E-state index in [-0.39, 0.29) is 0 Å². The Labute approximate surface area is 193 Å². The molecule has 1 aromatic carbocycles. The van der Waals surface area contributed by atoms with Crippen LogP contribution in [0.5, 0.6) is 0 Å². The highest BCUT2D eigenvalue weighted by molar-refractivity contribution is 7.19. The number of aliphatic hydroxyl groups is 1. The molecule has 3 aromatic rings. The fraction of sp³-hybridized carbons (Fsp3) is 0.500. The first-order valence-electron chi connectivity index (χ1n) is 11.4. The van der Waals surface area contributed by atoms with Gasteiger partial charge in [-0.25, -0.2) is 9.97 Å². The van der Waals surface area contributed by atoms with Crippen LogP contribution in [0.15, 0.2) is 30.3 Å². The molecule has 4 heterocycles. The molecule has 1 unspecified atom stereocenters. The number of piperazine rings is 1. The molecule has 0 spiro atoms. The number of fused-ring (bicyclic) bond motifs is 1. The van der Waals surface area contributed by atoms with E-state index in [9.17, 15) is 5.11 Å². The molecule has 0 bridgehead atoms. The van der Waals surface area contributed by atoms with Crippen molar-refractivity contribution in [3.63, 3.8) is 0 Å². The minimum Gasteiger partial charge on any atom is -0.389 e. The van der Waals surface area contributed by atoms with Crippen LogP contribution < -0.4 is 4.90 Å². The van der Waals surface area contributed by atoms with Gasteiger partial charge < -0.3 is 19.6 Å². The van der Waals surface area contributed by atoms with Gasteiger partial charge in [0.1, 0.15) is 0 Å². The maximum atomic E-state index is 10.0. The molecule has 2 aliphatic heterocycles. The second kappa shape index (κ2) is 9.41. The Balaban J connectivity index is 1.53. The molecule has 7 nitrogen and oxygen atoms in total. The van der Waals surface area contributed by atoms with E-state index in [1.807, 2.05) is 35.6 Å². The van der Waals surface area contributed by atoms with Crippen molar-refractivity contribution in [2.45, 2.75) is 19.6 Å². The molecule has 5 rings (SSSR count). The summed E-state index contributed by atoms with van der Waals surface area (Å²) >= 11 is 1.82. The van der Waals surface area contributed by atoms with Gasteiger partial charge in [-0.1, -0.05) is 18.2 Å². The van der Waals surface area contributed by atoms with Crippen LogP contribution >= 0.6 is 11.3 Å². The van der Waals surface area contributed by atoms with Crippen molar-refractivity contribution in [1.29, 1.82) is 0 Å². The molecule has 170 valence electrons. The number of morpholine rings is 1. The standard InChI is InChI=1S/C24H31N5O2S/c1-17(30)18-4-3-5-19(14-18)23-25-21-15-20(16-28-8-6-27(2)7-9-28)32-22(21)24(26-23)29-10-12-31-13-11-29/h3-5,14-15,17,30H,6-13,16H2,1-2H3. The quantitative estimate of drug-likeness (QED) is 0.637. The highest BCUT2D eigenvalue weighted by Gasteiger charge is 2.22. The van der Waals surface area contributed by atoms with E-state index < -0.39 is 6.10 Å². The number of ether oxygens (including phenoxy) is 1. The van der Waals surface area contributed by atoms with E-state index in [0.29, 0.717) is 5.82 Å². The second-order valence-electron chi connectivity index (χ2n) is 8.78. The maximum Gasteiger partial charge on any atom is 0.162 e. The molecular weight excluding hydrogens is 422 g/mol. The number of hydrogen-bond acceptors (Lipinski definition) is 8. The number of aromatic nitrogens is 2. The molecule has 2 fully saturated rings. The molecule has 32 heavy (non-hydrogen) atoms. The Morgan fingerprint density at radius 1 is 1.06 bits per heavy atom. The van der Waals surface area contributed by atoms with Gasteiger partial charge in [0.05, 0.1) is 29.5 Å². The largest absolute Gasteiger partial charge is 0.389 e. The monoisotopic (exact) mass is 453 g/mol. The van der Waals surface area contributed by atoms with E-state index in [4.69, 9.17) is 14.7 Å². The van der Waals surface area contributed by atoms with Gasteiger partial charge in [-0.3, -0.25) is 4.90 Å². The Bertz CT molecular complexity index is 1070. The van der Waals surface area contributed by atoms with Crippen LogP contribution in [0.4, 0.5) is 5.82 Å². The number of aliphatic hydroxyl groups excluding tert-OH is 1. The highest BCUT2D eigenvalue weighted by atomic mass is 32.1. The van der Waals surface area contributed by atoms with Gasteiger partial charge in [-0.2, -0.15) is 0 Å². The zero-order valence-electron chi connectivity index (χ0n) is 18.8. The zero-order chi connectivity index (χ0) is 22.1. The average molecular weight is 454 g/mol. The Morgan fingerprint density at radius 2 is 1.84 bits per heavy atom. The van der Waals surface area contributed by atoms with Crippen molar-refractivity contribution in [3.8, 4) is 11.4 Å². The lowest BCUT2D eigenvalue weighted by molar-refractivity contribution is 0.122. The predicted octanol–water partition coefficient (Wildman–Crippen LogP) is 3.00. The Hall–Kier alpha value is -2.10. The van der Waals surface area contributed by atoms with Crippen molar-refractivity contribution >= 4 is 27.4 Å². The Morgan fingerprint density at radius 3 is 2.59 bits per heavy atom. The number of hydrogen-bond donors (Lipinski definition) is 1. The number of anilines is 1. The van der Waals surface area contributed by atoms with Crippen molar-refractivity contribution in [1.82, 2.24) is 19.8 Å². The van der Waals surface area contributed by atoms with E-state index in [1.54, 1.807) is 6.92 Å². The fourth-order valence-corrected chi connectivity index (χ4v) is 5.48. The van der Waals surface area contributed by atoms with Crippen molar-refractivity contribution < 1.29 is 9.84 Å². The molecule has 2 aliphatic rings. The number of likely N-dealkylation sites (N-methyl/N-ethyl adjacent to an activating group) is 1. The molecule has 8 heteroatoms. The topological polar surface area (TPSA) is 65.0 Å². The van der Waals surface area contributed by atoms with Gasteiger partial charge in [0.2, 0.25) is 0 Å². The average Bonchev–Trinajstić information content (AvgIpc) is 3.23. The van der Waals surface area contributed by atoms with Crippen LogP contribution in [0.25, 0.3) is 21.6 Å². The summed E-state index contributed by atoms with van der Waals surface area (Å²) in [4.78, 5) is 18.6. The number of rotatable bonds is 5. The highest BCUT2D eigenvalue weighted by Crippen LogP contribution is 2.35. The minimum atomic E-state index is -0.520. The van der Waals surface area contributed by atoms with Gasteiger partial charge in [-0.15, -0.1) is 11.3 Å². The molecule has 2 aromatic heterocycles. The van der Waals surface area contributed by atoms with Crippen LogP contribution in [-0.4, -0.2) is 84.4 Å². The number of nitrogens with zero attached hydrogens (tertiary/aromatic N) is 5. The van der Waals surface area contributed by atoms with Crippen LogP contribution in [0.2, 0.25) is 0 Å². The van der Waals surface area contributed by atoms with Gasteiger partial charge >= 0.3 is 0 Å². The molecular formula is C24H31N5O2S. The molecule has 1 atom stereocenters. The zero-order valence-corrected chi connectivity index (χ0v) is 19.6. The lowest BCUT2D eigenvalue weighted by atomic mass is 10.1. The number of benzene rings is 1. The molecule has 2 saturated heterocycles. The predicted molar refractivity (Wildman–Crippen MR) is 129 cm³/mol. The normalized spacial score (nSPS) is 19.5. The first-order chi connectivity index (χ1) is 15.6. The van der Waals surface area contributed by atoms with Gasteiger partial charge in [0, 0.05) is 56.3 Å². The third kappa shape index (κ3) is 4.65. The summed E-state index contributed by atoms with van der Waals surface area (Å²) in [7, 11) is 2.19. The number of thiophene rings is 1. The van der Waals surface area contributed by atoms with E-state index in [0.717, 1.165) is 86.2 Å². The lowest BCUT2D eigenvalue weighted by Gasteiger charge is -2.31. The van der Waals surface area contributed by atoms with E-state index >= 15 is 0 Å². The summed E-state index contributed by atoms with van der Waals surface area (Å²) in [6.45, 7) is 10.3. The molecule has 0 saturated carbocycles. The summed E-state index contributed by atoms with van der Waals surface area (Å²) < 4.78 is 6.74. The lowest BCUT2D eigenvalue weighted by Crippen LogP contribution is -2.43.